The third-order valence-electron chi connectivity index (χ3n) is 2.46. The predicted molar refractivity (Wildman–Crippen MR) is 81.8 cm³/mol. The summed E-state index contributed by atoms with van der Waals surface area (Å²) in [5.41, 5.74) is 0.447. The fraction of sp³-hybridized carbons (Fsp3) is 0.867. The van der Waals surface area contributed by atoms with Gasteiger partial charge in [0.2, 0.25) is 5.91 Å². The van der Waals surface area contributed by atoms with Gasteiger partial charge in [0.25, 0.3) is 0 Å². The average Bonchev–Trinajstić information content (AvgIpc) is 2.24. The van der Waals surface area contributed by atoms with Crippen molar-refractivity contribution in [1.29, 1.82) is 0 Å². The monoisotopic (exact) mass is 286 g/mol. The lowest BCUT2D eigenvalue weighted by Crippen LogP contribution is -2.32. The van der Waals surface area contributed by atoms with E-state index in [1.165, 1.54) is 0 Å². The molecular weight excluding hydrogens is 256 g/mol. The predicted octanol–water partition coefficient (Wildman–Crippen LogP) is 2.75. The van der Waals surface area contributed by atoms with Crippen molar-refractivity contribution in [1.82, 2.24) is 5.32 Å². The number of oxime groups is 1. The van der Waals surface area contributed by atoms with Crippen molar-refractivity contribution in [2.45, 2.75) is 60.0 Å². The molecule has 0 unspecified atom stereocenters. The van der Waals surface area contributed by atoms with Crippen LogP contribution in [0.4, 0.5) is 0 Å². The van der Waals surface area contributed by atoms with Gasteiger partial charge in [0.1, 0.15) is 5.60 Å². The van der Waals surface area contributed by atoms with Crippen LogP contribution in [0.15, 0.2) is 5.16 Å². The molecular formula is C15H30N2O3. The van der Waals surface area contributed by atoms with Gasteiger partial charge in [-0.05, 0) is 33.1 Å². The van der Waals surface area contributed by atoms with Gasteiger partial charge in [-0.15, -0.1) is 0 Å². The molecule has 0 radical (unpaired) electrons. The van der Waals surface area contributed by atoms with Crippen molar-refractivity contribution in [3.8, 4) is 0 Å². The van der Waals surface area contributed by atoms with Gasteiger partial charge in [-0.1, -0.05) is 19.0 Å². The standard InChI is InChI=1S/C15H30N2O3/c1-12(17-20-14(2,3)4)8-9-16-13(18)10-15(5,6)11-19-7/h8-11H2,1-7H3,(H,16,18)/b17-12+. The van der Waals surface area contributed by atoms with Gasteiger partial charge in [-0.2, -0.15) is 0 Å². The highest BCUT2D eigenvalue weighted by Gasteiger charge is 2.21. The number of nitrogens with zero attached hydrogens (tertiary/aromatic N) is 1. The first-order chi connectivity index (χ1) is 9.06. The lowest BCUT2D eigenvalue weighted by molar-refractivity contribution is -0.123. The number of hydrogen-bond acceptors (Lipinski definition) is 4. The lowest BCUT2D eigenvalue weighted by atomic mass is 9.90. The molecule has 0 bridgehead atoms. The van der Waals surface area contributed by atoms with Gasteiger partial charge in [-0.25, -0.2) is 0 Å². The molecule has 0 aromatic carbocycles. The molecule has 0 atom stereocenters. The SMILES string of the molecule is COCC(C)(C)CC(=O)NCC/C(C)=N/OC(C)(C)C. The van der Waals surface area contributed by atoms with Crippen LogP contribution in [0.1, 0.15) is 54.4 Å². The summed E-state index contributed by atoms with van der Waals surface area (Å²) in [6, 6.07) is 0. The molecule has 118 valence electrons. The van der Waals surface area contributed by atoms with Gasteiger partial charge in [0, 0.05) is 26.5 Å². The van der Waals surface area contributed by atoms with Gasteiger partial charge in [-0.3, -0.25) is 4.79 Å². The number of nitrogens with one attached hydrogen (secondary N) is 1. The Morgan fingerprint density at radius 2 is 1.80 bits per heavy atom. The lowest BCUT2D eigenvalue weighted by Gasteiger charge is -2.22. The highest BCUT2D eigenvalue weighted by Crippen LogP contribution is 2.19. The van der Waals surface area contributed by atoms with Crippen molar-refractivity contribution in [3.05, 3.63) is 0 Å². The van der Waals surface area contributed by atoms with Crippen molar-refractivity contribution < 1.29 is 14.4 Å². The maximum absolute atomic E-state index is 11.8. The molecule has 0 aliphatic carbocycles. The summed E-state index contributed by atoms with van der Waals surface area (Å²) in [7, 11) is 1.65. The molecule has 0 rings (SSSR count). The normalized spacial score (nSPS) is 13.2. The molecule has 0 fully saturated rings. The molecule has 1 N–H and O–H groups in total. The zero-order valence-electron chi connectivity index (χ0n) is 14.0. The Balaban J connectivity index is 3.98. The minimum atomic E-state index is -0.283. The van der Waals surface area contributed by atoms with Crippen molar-refractivity contribution in [3.63, 3.8) is 0 Å². The summed E-state index contributed by atoms with van der Waals surface area (Å²) < 4.78 is 5.10. The van der Waals surface area contributed by atoms with Gasteiger partial charge < -0.3 is 14.9 Å². The molecule has 0 aromatic rings. The van der Waals surface area contributed by atoms with Crippen LogP contribution in [0, 0.1) is 5.41 Å². The highest BCUT2D eigenvalue weighted by atomic mass is 16.6. The third-order valence-corrected chi connectivity index (χ3v) is 2.46. The summed E-state index contributed by atoms with van der Waals surface area (Å²) in [4.78, 5) is 17.1. The van der Waals surface area contributed by atoms with E-state index in [1.54, 1.807) is 7.11 Å². The summed E-state index contributed by atoms with van der Waals surface area (Å²) in [6.07, 6.45) is 1.14. The number of carbonyl (C=O) groups is 1. The second kappa shape index (κ2) is 8.25. The number of rotatable bonds is 8. The molecule has 5 nitrogen and oxygen atoms in total. The number of ether oxygens (including phenoxy) is 1. The van der Waals surface area contributed by atoms with E-state index >= 15 is 0 Å². The average molecular weight is 286 g/mol. The van der Waals surface area contributed by atoms with E-state index in [1.807, 2.05) is 41.5 Å². The fourth-order valence-corrected chi connectivity index (χ4v) is 1.58. The molecule has 0 aliphatic heterocycles. The molecule has 0 saturated heterocycles. The van der Waals surface area contributed by atoms with Crippen molar-refractivity contribution >= 4 is 11.6 Å². The number of amides is 1. The molecule has 0 aliphatic rings. The summed E-state index contributed by atoms with van der Waals surface area (Å²) in [6.45, 7) is 12.9. The zero-order valence-corrected chi connectivity index (χ0v) is 14.0. The molecule has 0 aromatic heterocycles. The quantitative estimate of drug-likeness (QED) is 0.551. The third kappa shape index (κ3) is 10.8. The van der Waals surface area contributed by atoms with Crippen molar-refractivity contribution in [2.24, 2.45) is 10.6 Å². The van der Waals surface area contributed by atoms with Crippen LogP contribution in [0.3, 0.4) is 0 Å². The van der Waals surface area contributed by atoms with Gasteiger partial charge in [0.05, 0.1) is 12.3 Å². The smallest absolute Gasteiger partial charge is 0.220 e. The summed E-state index contributed by atoms with van der Waals surface area (Å²) >= 11 is 0. The topological polar surface area (TPSA) is 59.9 Å². The van der Waals surface area contributed by atoms with Gasteiger partial charge >= 0.3 is 0 Å². The Morgan fingerprint density at radius 3 is 2.30 bits per heavy atom. The number of hydrogen-bond donors (Lipinski definition) is 1. The van der Waals surface area contributed by atoms with Crippen LogP contribution in [0.2, 0.25) is 0 Å². The van der Waals surface area contributed by atoms with E-state index < -0.39 is 0 Å². The van der Waals surface area contributed by atoms with E-state index in [0.717, 1.165) is 5.71 Å². The first-order valence-corrected chi connectivity index (χ1v) is 7.03. The van der Waals surface area contributed by atoms with Crippen LogP contribution in [-0.4, -0.2) is 37.5 Å². The highest BCUT2D eigenvalue weighted by molar-refractivity contribution is 5.82. The van der Waals surface area contributed by atoms with E-state index in [4.69, 9.17) is 9.57 Å². The number of carbonyl (C=O) groups excluding carboxylic acids is 1. The Kier molecular flexibility index (Phi) is 7.79. The van der Waals surface area contributed by atoms with Crippen LogP contribution < -0.4 is 5.32 Å². The Morgan fingerprint density at radius 1 is 1.20 bits per heavy atom. The number of methoxy groups -OCH3 is 1. The zero-order chi connectivity index (χ0) is 15.8. The maximum atomic E-state index is 11.8. The molecule has 0 spiro atoms. The first-order valence-electron chi connectivity index (χ1n) is 7.03. The van der Waals surface area contributed by atoms with E-state index in [9.17, 15) is 4.79 Å². The van der Waals surface area contributed by atoms with Crippen LogP contribution in [-0.2, 0) is 14.4 Å². The largest absolute Gasteiger partial charge is 0.390 e. The Hall–Kier alpha value is -1.10. The van der Waals surface area contributed by atoms with E-state index in [0.29, 0.717) is 26.0 Å². The Bertz CT molecular complexity index is 331. The molecule has 5 heteroatoms. The maximum Gasteiger partial charge on any atom is 0.220 e. The van der Waals surface area contributed by atoms with E-state index in [2.05, 4.69) is 10.5 Å². The molecule has 1 amide bonds. The van der Waals surface area contributed by atoms with Crippen molar-refractivity contribution in [2.75, 3.05) is 20.3 Å². The second-order valence-corrected chi connectivity index (χ2v) is 6.90. The minimum absolute atomic E-state index is 0.0385. The summed E-state index contributed by atoms with van der Waals surface area (Å²) in [5, 5.41) is 6.94. The van der Waals surface area contributed by atoms with Crippen LogP contribution in [0.5, 0.6) is 0 Å². The minimum Gasteiger partial charge on any atom is -0.390 e. The van der Waals surface area contributed by atoms with E-state index in [-0.39, 0.29) is 16.9 Å². The van der Waals surface area contributed by atoms with Gasteiger partial charge in [0.15, 0.2) is 0 Å². The second-order valence-electron chi connectivity index (χ2n) is 6.90. The Labute approximate surface area is 123 Å². The molecule has 0 saturated carbocycles. The molecule has 0 heterocycles. The fourth-order valence-electron chi connectivity index (χ4n) is 1.58. The first kappa shape index (κ1) is 18.9. The summed E-state index contributed by atoms with van der Waals surface area (Å²) in [5.74, 6) is 0.0385. The van der Waals surface area contributed by atoms with Crippen LogP contribution in [0.25, 0.3) is 0 Å². The molecule has 20 heavy (non-hydrogen) atoms. The van der Waals surface area contributed by atoms with Crippen LogP contribution >= 0.6 is 0 Å².